The molecule has 0 amide bonds. The quantitative estimate of drug-likeness (QED) is 0.770. The third kappa shape index (κ3) is 1.06. The van der Waals surface area contributed by atoms with E-state index in [2.05, 4.69) is 15.9 Å². The molecular weight excluding hydrogens is 282 g/mol. The van der Waals surface area contributed by atoms with Crippen LogP contribution in [0.25, 0.3) is 0 Å². The van der Waals surface area contributed by atoms with Crippen LogP contribution in [0, 0.1) is 0 Å². The van der Waals surface area contributed by atoms with Crippen molar-refractivity contribution in [1.29, 1.82) is 0 Å². The summed E-state index contributed by atoms with van der Waals surface area (Å²) in [4.78, 5) is 0. The second-order valence-corrected chi connectivity index (χ2v) is 5.41. The Morgan fingerprint density at radius 2 is 2.06 bits per heavy atom. The molecule has 5 heteroatoms. The van der Waals surface area contributed by atoms with Gasteiger partial charge in [0.1, 0.15) is 0 Å². The topological polar surface area (TPSA) is 40.5 Å². The van der Waals surface area contributed by atoms with Gasteiger partial charge in [-0.2, -0.15) is 0 Å². The van der Waals surface area contributed by atoms with Gasteiger partial charge in [-0.15, -0.1) is 0 Å². The Kier molecular flexibility index (Phi) is 1.88. The van der Waals surface area contributed by atoms with E-state index in [0.717, 1.165) is 0 Å². The molecule has 0 spiro atoms. The van der Waals surface area contributed by atoms with Crippen LogP contribution in [-0.2, 0) is 12.0 Å². The van der Waals surface area contributed by atoms with E-state index >= 15 is 0 Å². The summed E-state index contributed by atoms with van der Waals surface area (Å²) < 4.78 is 28.2. The molecular formula is C11H9BrF2O2. The van der Waals surface area contributed by atoms with Gasteiger partial charge in [0.25, 0.3) is 5.92 Å². The molecule has 86 valence electrons. The molecule has 0 saturated carbocycles. The van der Waals surface area contributed by atoms with E-state index in [1.807, 2.05) is 0 Å². The van der Waals surface area contributed by atoms with Crippen molar-refractivity contribution in [2.24, 2.45) is 0 Å². The molecule has 2 aliphatic rings. The fourth-order valence-electron chi connectivity index (χ4n) is 2.80. The van der Waals surface area contributed by atoms with E-state index in [-0.39, 0.29) is 12.0 Å². The molecule has 2 aliphatic carbocycles. The second kappa shape index (κ2) is 2.83. The van der Waals surface area contributed by atoms with E-state index in [4.69, 9.17) is 0 Å². The summed E-state index contributed by atoms with van der Waals surface area (Å²) in [6.07, 6.45) is -1.79. The van der Waals surface area contributed by atoms with Crippen molar-refractivity contribution in [3.8, 4) is 0 Å². The average Bonchev–Trinajstić information content (AvgIpc) is 2.48. The van der Waals surface area contributed by atoms with E-state index in [1.165, 1.54) is 0 Å². The summed E-state index contributed by atoms with van der Waals surface area (Å²) in [6, 6.07) is 3.19. The second-order valence-electron chi connectivity index (χ2n) is 4.49. The average molecular weight is 291 g/mol. The highest BCUT2D eigenvalue weighted by atomic mass is 79.9. The third-order valence-electron chi connectivity index (χ3n) is 3.49. The summed E-state index contributed by atoms with van der Waals surface area (Å²) >= 11 is 3.22. The van der Waals surface area contributed by atoms with Gasteiger partial charge < -0.3 is 10.2 Å². The highest BCUT2D eigenvalue weighted by Gasteiger charge is 2.64. The molecule has 0 unspecified atom stereocenters. The van der Waals surface area contributed by atoms with E-state index < -0.39 is 24.0 Å². The maximum Gasteiger partial charge on any atom is 0.284 e. The van der Waals surface area contributed by atoms with Crippen molar-refractivity contribution < 1.29 is 19.0 Å². The third-order valence-corrected chi connectivity index (χ3v) is 3.95. The predicted molar refractivity (Wildman–Crippen MR) is 56.3 cm³/mol. The van der Waals surface area contributed by atoms with Gasteiger partial charge in [-0.1, -0.05) is 15.9 Å². The maximum absolute atomic E-state index is 13.7. The summed E-state index contributed by atoms with van der Waals surface area (Å²) in [6.45, 7) is 0. The molecule has 0 aliphatic heterocycles. The number of hydrogen-bond acceptors (Lipinski definition) is 2. The lowest BCUT2D eigenvalue weighted by atomic mass is 9.95. The summed E-state index contributed by atoms with van der Waals surface area (Å²) in [5.74, 6) is -3.19. The zero-order chi connectivity index (χ0) is 11.7. The van der Waals surface area contributed by atoms with Gasteiger partial charge in [0, 0.05) is 17.3 Å². The van der Waals surface area contributed by atoms with Crippen LogP contribution in [0.3, 0.4) is 0 Å². The van der Waals surface area contributed by atoms with Gasteiger partial charge in [-0.05, 0) is 28.8 Å². The minimum absolute atomic E-state index is 0.230. The van der Waals surface area contributed by atoms with Gasteiger partial charge in [0.05, 0.1) is 6.10 Å². The van der Waals surface area contributed by atoms with Crippen LogP contribution in [0.15, 0.2) is 16.6 Å². The molecule has 0 radical (unpaired) electrons. The normalized spacial score (nSPS) is 34.2. The minimum atomic E-state index is -3.19. The molecule has 0 aromatic heterocycles. The SMILES string of the molecule is O[C@@H]1C[C@]2(O)c3c(cc(Br)cc31)CC2(F)F. The lowest BCUT2D eigenvalue weighted by Crippen LogP contribution is -2.40. The zero-order valence-corrected chi connectivity index (χ0v) is 9.76. The van der Waals surface area contributed by atoms with E-state index in [0.29, 0.717) is 15.6 Å². The van der Waals surface area contributed by atoms with Crippen LogP contribution in [0.2, 0.25) is 0 Å². The lowest BCUT2D eigenvalue weighted by molar-refractivity contribution is -0.181. The number of benzene rings is 1. The van der Waals surface area contributed by atoms with Crippen molar-refractivity contribution in [3.63, 3.8) is 0 Å². The fourth-order valence-corrected chi connectivity index (χ4v) is 3.33. The highest BCUT2D eigenvalue weighted by molar-refractivity contribution is 9.10. The number of halogens is 3. The lowest BCUT2D eigenvalue weighted by Gasteiger charge is -2.26. The summed E-state index contributed by atoms with van der Waals surface area (Å²) in [5.41, 5.74) is -1.11. The van der Waals surface area contributed by atoms with Crippen LogP contribution in [0.5, 0.6) is 0 Å². The molecule has 2 atom stereocenters. The van der Waals surface area contributed by atoms with Crippen molar-refractivity contribution in [2.75, 3.05) is 0 Å². The Balaban J connectivity index is 2.33. The number of rotatable bonds is 0. The van der Waals surface area contributed by atoms with Crippen LogP contribution in [-0.4, -0.2) is 16.1 Å². The van der Waals surface area contributed by atoms with Crippen molar-refractivity contribution in [1.82, 2.24) is 0 Å². The first-order valence-corrected chi connectivity index (χ1v) is 5.75. The molecule has 0 saturated heterocycles. The van der Waals surface area contributed by atoms with Gasteiger partial charge in [-0.3, -0.25) is 0 Å². The molecule has 2 nitrogen and oxygen atoms in total. The van der Waals surface area contributed by atoms with Crippen LogP contribution in [0.4, 0.5) is 8.78 Å². The van der Waals surface area contributed by atoms with E-state index in [9.17, 15) is 19.0 Å². The molecule has 16 heavy (non-hydrogen) atoms. The standard InChI is InChI=1S/C11H9BrF2O2/c12-6-1-5-3-11(13,14)10(16)4-8(15)7(2-6)9(5)10/h1-2,8,15-16H,3-4H2/t8-,10+/m1/s1. The first-order valence-electron chi connectivity index (χ1n) is 4.96. The van der Waals surface area contributed by atoms with Crippen LogP contribution < -0.4 is 0 Å². The largest absolute Gasteiger partial charge is 0.388 e. The Labute approximate surface area is 99.0 Å². The minimum Gasteiger partial charge on any atom is -0.388 e. The number of alkyl halides is 2. The smallest absolute Gasteiger partial charge is 0.284 e. The summed E-state index contributed by atoms with van der Waals surface area (Å²) in [5, 5.41) is 19.8. The van der Waals surface area contributed by atoms with Crippen molar-refractivity contribution in [2.45, 2.75) is 30.5 Å². The molecule has 1 aromatic rings. The Morgan fingerprint density at radius 3 is 2.75 bits per heavy atom. The van der Waals surface area contributed by atoms with Gasteiger partial charge in [0.15, 0.2) is 5.60 Å². The van der Waals surface area contributed by atoms with Gasteiger partial charge >= 0.3 is 0 Å². The first-order chi connectivity index (χ1) is 7.35. The fraction of sp³-hybridized carbons (Fsp3) is 0.455. The molecule has 2 N–H and O–H groups in total. The zero-order valence-electron chi connectivity index (χ0n) is 8.17. The van der Waals surface area contributed by atoms with Gasteiger partial charge in [0.2, 0.25) is 0 Å². The first kappa shape index (κ1) is 10.6. The molecule has 0 fully saturated rings. The van der Waals surface area contributed by atoms with Crippen molar-refractivity contribution >= 4 is 15.9 Å². The van der Waals surface area contributed by atoms with Crippen LogP contribution >= 0.6 is 15.9 Å². The van der Waals surface area contributed by atoms with Crippen molar-refractivity contribution in [3.05, 3.63) is 33.3 Å². The number of aliphatic hydroxyl groups excluding tert-OH is 1. The monoisotopic (exact) mass is 290 g/mol. The Morgan fingerprint density at radius 1 is 1.38 bits per heavy atom. The Bertz CT molecular complexity index is 489. The number of aliphatic hydroxyl groups is 2. The number of hydrogen-bond donors (Lipinski definition) is 2. The molecule has 1 aromatic carbocycles. The predicted octanol–water partition coefficient (Wildman–Crippen LogP) is 2.27. The van der Waals surface area contributed by atoms with Crippen LogP contribution in [0.1, 0.15) is 29.2 Å². The highest BCUT2D eigenvalue weighted by Crippen LogP contribution is 2.58. The van der Waals surface area contributed by atoms with E-state index in [1.54, 1.807) is 12.1 Å². The molecule has 0 heterocycles. The maximum atomic E-state index is 13.7. The molecule has 3 rings (SSSR count). The Hall–Kier alpha value is -0.520. The van der Waals surface area contributed by atoms with Gasteiger partial charge in [-0.25, -0.2) is 8.78 Å². The molecule has 0 bridgehead atoms. The summed E-state index contributed by atoms with van der Waals surface area (Å²) in [7, 11) is 0.